The zero-order valence-electron chi connectivity index (χ0n) is 11.3. The number of hydrogen-bond donors (Lipinski definition) is 1. The maximum atomic E-state index is 3.60. The molecule has 0 spiro atoms. The molecular formula is C15H25N3. The van der Waals surface area contributed by atoms with E-state index in [1.807, 2.05) is 0 Å². The molecule has 1 saturated heterocycles. The van der Waals surface area contributed by atoms with Gasteiger partial charge in [-0.25, -0.2) is 0 Å². The third-order valence-electron chi connectivity index (χ3n) is 4.14. The number of nitrogens with zero attached hydrogens (tertiary/aromatic N) is 2. The van der Waals surface area contributed by atoms with E-state index in [9.17, 15) is 0 Å². The number of aromatic nitrogens is 1. The minimum Gasteiger partial charge on any atom is -0.350 e. The lowest BCUT2D eigenvalue weighted by Gasteiger charge is -2.15. The Labute approximate surface area is 110 Å². The summed E-state index contributed by atoms with van der Waals surface area (Å²) in [5.74, 6) is 0. The number of rotatable bonds is 7. The molecule has 2 heterocycles. The van der Waals surface area contributed by atoms with Crippen LogP contribution >= 0.6 is 0 Å². The summed E-state index contributed by atoms with van der Waals surface area (Å²) < 4.78 is 2.42. The van der Waals surface area contributed by atoms with Crippen molar-refractivity contribution in [2.24, 2.45) is 0 Å². The van der Waals surface area contributed by atoms with Gasteiger partial charge in [0.1, 0.15) is 0 Å². The summed E-state index contributed by atoms with van der Waals surface area (Å²) in [7, 11) is 0. The standard InChI is InChI=1S/C15H25N3/c1-2-9-17(8-1)10-4-12-18-11-3-5-15(18)13-16-14-6-7-14/h3,5,11,14,16H,1-2,4,6-10,12-13H2. The third kappa shape index (κ3) is 3.36. The molecule has 1 aliphatic heterocycles. The van der Waals surface area contributed by atoms with Gasteiger partial charge in [-0.3, -0.25) is 0 Å². The first-order valence-corrected chi connectivity index (χ1v) is 7.51. The van der Waals surface area contributed by atoms with Gasteiger partial charge in [0.05, 0.1) is 0 Å². The zero-order valence-corrected chi connectivity index (χ0v) is 11.3. The fraction of sp³-hybridized carbons (Fsp3) is 0.733. The molecule has 0 atom stereocenters. The monoisotopic (exact) mass is 247 g/mol. The highest BCUT2D eigenvalue weighted by Crippen LogP contribution is 2.19. The van der Waals surface area contributed by atoms with E-state index in [0.717, 1.165) is 12.6 Å². The second-order valence-corrected chi connectivity index (χ2v) is 5.75. The van der Waals surface area contributed by atoms with Crippen LogP contribution in [0.4, 0.5) is 0 Å². The van der Waals surface area contributed by atoms with Crippen LogP contribution in [0.3, 0.4) is 0 Å². The van der Waals surface area contributed by atoms with E-state index in [-0.39, 0.29) is 0 Å². The lowest BCUT2D eigenvalue weighted by molar-refractivity contribution is 0.324. The Morgan fingerprint density at radius 2 is 2.00 bits per heavy atom. The van der Waals surface area contributed by atoms with Crippen molar-refractivity contribution in [1.29, 1.82) is 0 Å². The van der Waals surface area contributed by atoms with Crippen molar-refractivity contribution in [3.63, 3.8) is 0 Å². The molecule has 1 saturated carbocycles. The lowest BCUT2D eigenvalue weighted by atomic mass is 10.3. The summed E-state index contributed by atoms with van der Waals surface area (Å²) in [6, 6.07) is 5.24. The molecule has 1 aliphatic carbocycles. The van der Waals surface area contributed by atoms with Crippen LogP contribution < -0.4 is 5.32 Å². The van der Waals surface area contributed by atoms with Gasteiger partial charge in [0.2, 0.25) is 0 Å². The largest absolute Gasteiger partial charge is 0.350 e. The molecule has 0 radical (unpaired) electrons. The van der Waals surface area contributed by atoms with Crippen molar-refractivity contribution >= 4 is 0 Å². The van der Waals surface area contributed by atoms with E-state index in [1.54, 1.807) is 0 Å². The molecule has 1 aromatic heterocycles. The van der Waals surface area contributed by atoms with Crippen LogP contribution in [-0.4, -0.2) is 35.1 Å². The minimum absolute atomic E-state index is 0.804. The quantitative estimate of drug-likeness (QED) is 0.797. The molecule has 0 unspecified atom stereocenters. The molecule has 18 heavy (non-hydrogen) atoms. The van der Waals surface area contributed by atoms with Gasteiger partial charge in [-0.1, -0.05) is 0 Å². The molecule has 100 valence electrons. The minimum atomic E-state index is 0.804. The van der Waals surface area contributed by atoms with E-state index in [1.165, 1.54) is 64.0 Å². The van der Waals surface area contributed by atoms with Crippen LogP contribution in [-0.2, 0) is 13.1 Å². The highest BCUT2D eigenvalue weighted by atomic mass is 15.1. The van der Waals surface area contributed by atoms with E-state index < -0.39 is 0 Å². The Hall–Kier alpha value is -0.800. The summed E-state index contributed by atoms with van der Waals surface area (Å²) in [6.07, 6.45) is 9.06. The van der Waals surface area contributed by atoms with Gasteiger partial charge in [-0.05, 0) is 63.9 Å². The topological polar surface area (TPSA) is 20.2 Å². The molecule has 0 aromatic carbocycles. The second kappa shape index (κ2) is 5.89. The summed E-state index contributed by atoms with van der Waals surface area (Å²) in [6.45, 7) is 6.13. The van der Waals surface area contributed by atoms with Gasteiger partial charge in [-0.15, -0.1) is 0 Å². The summed E-state index contributed by atoms with van der Waals surface area (Å²) in [5, 5.41) is 3.60. The van der Waals surface area contributed by atoms with Gasteiger partial charge in [-0.2, -0.15) is 0 Å². The normalized spacial score (nSPS) is 20.7. The lowest BCUT2D eigenvalue weighted by Crippen LogP contribution is -2.22. The van der Waals surface area contributed by atoms with Gasteiger partial charge < -0.3 is 14.8 Å². The van der Waals surface area contributed by atoms with E-state index in [2.05, 4.69) is 33.1 Å². The number of aryl methyl sites for hydroxylation is 1. The fourth-order valence-corrected chi connectivity index (χ4v) is 2.84. The first-order chi connectivity index (χ1) is 8.92. The molecule has 0 bridgehead atoms. The Morgan fingerprint density at radius 1 is 1.17 bits per heavy atom. The number of nitrogens with one attached hydrogen (secondary N) is 1. The van der Waals surface area contributed by atoms with Crippen LogP contribution in [0, 0.1) is 0 Å². The van der Waals surface area contributed by atoms with Gasteiger partial charge in [0.15, 0.2) is 0 Å². The molecular weight excluding hydrogens is 222 g/mol. The van der Waals surface area contributed by atoms with E-state index in [0.29, 0.717) is 0 Å². The Bertz CT molecular complexity index is 362. The van der Waals surface area contributed by atoms with E-state index >= 15 is 0 Å². The molecule has 1 N–H and O–H groups in total. The van der Waals surface area contributed by atoms with Crippen LogP contribution in [0.5, 0.6) is 0 Å². The maximum absolute atomic E-state index is 3.60. The molecule has 0 amide bonds. The van der Waals surface area contributed by atoms with Crippen LogP contribution in [0.25, 0.3) is 0 Å². The summed E-state index contributed by atoms with van der Waals surface area (Å²) in [4.78, 5) is 2.60. The van der Waals surface area contributed by atoms with Crippen molar-refractivity contribution in [2.45, 2.75) is 51.2 Å². The highest BCUT2D eigenvalue weighted by molar-refractivity contribution is 5.07. The molecule has 2 fully saturated rings. The van der Waals surface area contributed by atoms with E-state index in [4.69, 9.17) is 0 Å². The third-order valence-corrected chi connectivity index (χ3v) is 4.14. The van der Waals surface area contributed by atoms with Crippen LogP contribution in [0.2, 0.25) is 0 Å². The molecule has 3 rings (SSSR count). The van der Waals surface area contributed by atoms with Crippen molar-refractivity contribution in [3.05, 3.63) is 24.0 Å². The summed E-state index contributed by atoms with van der Waals surface area (Å²) >= 11 is 0. The Kier molecular flexibility index (Phi) is 4.01. The Balaban J connectivity index is 1.41. The molecule has 2 aliphatic rings. The predicted molar refractivity (Wildman–Crippen MR) is 74.6 cm³/mol. The highest BCUT2D eigenvalue weighted by Gasteiger charge is 2.20. The zero-order chi connectivity index (χ0) is 12.2. The Morgan fingerprint density at radius 3 is 2.78 bits per heavy atom. The van der Waals surface area contributed by atoms with Gasteiger partial charge in [0, 0.05) is 31.0 Å². The average Bonchev–Trinajstić information content (AvgIpc) is 2.89. The van der Waals surface area contributed by atoms with Gasteiger partial charge in [0.25, 0.3) is 0 Å². The van der Waals surface area contributed by atoms with Crippen molar-refractivity contribution in [2.75, 3.05) is 19.6 Å². The van der Waals surface area contributed by atoms with Crippen molar-refractivity contribution in [3.8, 4) is 0 Å². The first-order valence-electron chi connectivity index (χ1n) is 7.51. The van der Waals surface area contributed by atoms with Crippen molar-refractivity contribution < 1.29 is 0 Å². The SMILES string of the molecule is c1cc(CNC2CC2)n(CCCN2CCCC2)c1. The molecule has 3 nitrogen and oxygen atoms in total. The smallest absolute Gasteiger partial charge is 0.0361 e. The first kappa shape index (κ1) is 12.2. The number of hydrogen-bond acceptors (Lipinski definition) is 2. The fourth-order valence-electron chi connectivity index (χ4n) is 2.84. The molecule has 1 aromatic rings. The van der Waals surface area contributed by atoms with Crippen LogP contribution in [0.1, 0.15) is 37.8 Å². The maximum Gasteiger partial charge on any atom is 0.0361 e. The van der Waals surface area contributed by atoms with Crippen LogP contribution in [0.15, 0.2) is 18.3 Å². The van der Waals surface area contributed by atoms with Gasteiger partial charge >= 0.3 is 0 Å². The molecule has 3 heteroatoms. The predicted octanol–water partition coefficient (Wildman–Crippen LogP) is 2.23. The average molecular weight is 247 g/mol. The second-order valence-electron chi connectivity index (χ2n) is 5.75. The summed E-state index contributed by atoms with van der Waals surface area (Å²) in [5.41, 5.74) is 1.45. The van der Waals surface area contributed by atoms with Crippen molar-refractivity contribution in [1.82, 2.24) is 14.8 Å². The number of likely N-dealkylation sites (tertiary alicyclic amines) is 1.